The van der Waals surface area contributed by atoms with Gasteiger partial charge in [0.15, 0.2) is 9.84 Å². The first-order chi connectivity index (χ1) is 14.0. The molecule has 6 nitrogen and oxygen atoms in total. The van der Waals surface area contributed by atoms with Gasteiger partial charge in [-0.1, -0.05) is 51.1 Å². The molecule has 0 aliphatic carbocycles. The number of aromatic nitrogens is 2. The van der Waals surface area contributed by atoms with Gasteiger partial charge in [0.1, 0.15) is 5.82 Å². The second-order valence-electron chi connectivity index (χ2n) is 8.79. The monoisotopic (exact) mass is 423 g/mol. The lowest BCUT2D eigenvalue weighted by Crippen LogP contribution is -2.18. The van der Waals surface area contributed by atoms with Crippen molar-refractivity contribution in [2.24, 2.45) is 0 Å². The maximum atomic E-state index is 13.0. The summed E-state index contributed by atoms with van der Waals surface area (Å²) in [5.74, 6) is -0.0977. The van der Waals surface area contributed by atoms with Gasteiger partial charge < -0.3 is 5.32 Å². The average Bonchev–Trinajstić information content (AvgIpc) is 3.14. The molecule has 2 heterocycles. The Morgan fingerprint density at radius 1 is 1.03 bits per heavy atom. The molecule has 30 heavy (non-hydrogen) atoms. The molecule has 156 valence electrons. The Labute approximate surface area is 176 Å². The third-order valence-electron chi connectivity index (χ3n) is 5.38. The van der Waals surface area contributed by atoms with Crippen molar-refractivity contribution in [1.82, 2.24) is 9.78 Å². The van der Waals surface area contributed by atoms with Gasteiger partial charge in [-0.3, -0.25) is 4.79 Å². The van der Waals surface area contributed by atoms with E-state index in [1.807, 2.05) is 43.3 Å². The molecule has 0 saturated carbocycles. The second-order valence-corrected chi connectivity index (χ2v) is 10.9. The van der Waals surface area contributed by atoms with Crippen molar-refractivity contribution in [3.63, 3.8) is 0 Å². The highest BCUT2D eigenvalue weighted by Crippen LogP contribution is 2.34. The Morgan fingerprint density at radius 2 is 1.70 bits per heavy atom. The summed E-state index contributed by atoms with van der Waals surface area (Å²) in [7, 11) is -3.24. The summed E-state index contributed by atoms with van der Waals surface area (Å²) in [4.78, 5) is 13.0. The van der Waals surface area contributed by atoms with Gasteiger partial charge in [-0.2, -0.15) is 5.10 Å². The number of sulfone groups is 1. The van der Waals surface area contributed by atoms with Crippen LogP contribution in [0.15, 0.2) is 48.5 Å². The molecule has 0 unspecified atom stereocenters. The number of hydrogen-bond acceptors (Lipinski definition) is 4. The zero-order chi connectivity index (χ0) is 21.7. The number of anilines is 1. The molecule has 0 atom stereocenters. The van der Waals surface area contributed by atoms with Crippen LogP contribution >= 0.6 is 0 Å². The molecular formula is C23H25N3O3S. The third-order valence-corrected chi connectivity index (χ3v) is 6.82. The maximum Gasteiger partial charge on any atom is 0.256 e. The molecule has 1 aliphatic heterocycles. The van der Waals surface area contributed by atoms with Crippen molar-refractivity contribution in [3.8, 4) is 5.69 Å². The largest absolute Gasteiger partial charge is 0.306 e. The van der Waals surface area contributed by atoms with Crippen LogP contribution in [0.1, 0.15) is 53.5 Å². The van der Waals surface area contributed by atoms with E-state index in [-0.39, 0.29) is 22.8 Å². The predicted octanol–water partition coefficient (Wildman–Crippen LogP) is 4.16. The molecule has 7 heteroatoms. The molecule has 0 radical (unpaired) electrons. The van der Waals surface area contributed by atoms with E-state index in [9.17, 15) is 13.2 Å². The van der Waals surface area contributed by atoms with Crippen molar-refractivity contribution < 1.29 is 13.2 Å². The van der Waals surface area contributed by atoms with E-state index < -0.39 is 9.84 Å². The van der Waals surface area contributed by atoms with Crippen molar-refractivity contribution in [1.29, 1.82) is 0 Å². The number of para-hydroxylation sites is 1. The SMILES string of the molecule is Cc1ccccc1-n1nc2c(c1NC(=O)c1ccc(C(C)(C)C)cc1)CS(=O)(=O)C2. The first-order valence-corrected chi connectivity index (χ1v) is 11.7. The highest BCUT2D eigenvalue weighted by molar-refractivity contribution is 7.90. The summed E-state index contributed by atoms with van der Waals surface area (Å²) in [5, 5.41) is 7.46. The van der Waals surface area contributed by atoms with Crippen LogP contribution in [0.25, 0.3) is 5.69 Å². The van der Waals surface area contributed by atoms with Gasteiger partial charge in [0.05, 0.1) is 22.9 Å². The van der Waals surface area contributed by atoms with Gasteiger partial charge in [-0.15, -0.1) is 0 Å². The van der Waals surface area contributed by atoms with E-state index in [1.165, 1.54) is 0 Å². The number of carbonyl (C=O) groups excluding carboxylic acids is 1. The minimum absolute atomic E-state index is 0.00631. The van der Waals surface area contributed by atoms with E-state index in [0.717, 1.165) is 16.8 Å². The lowest BCUT2D eigenvalue weighted by Gasteiger charge is -2.19. The number of amides is 1. The summed E-state index contributed by atoms with van der Waals surface area (Å²) < 4.78 is 25.9. The predicted molar refractivity (Wildman–Crippen MR) is 118 cm³/mol. The zero-order valence-corrected chi connectivity index (χ0v) is 18.4. The Hall–Kier alpha value is -2.93. The van der Waals surface area contributed by atoms with Crippen LogP contribution in [0.2, 0.25) is 0 Å². The van der Waals surface area contributed by atoms with E-state index in [2.05, 4.69) is 31.2 Å². The van der Waals surface area contributed by atoms with Crippen LogP contribution in [-0.4, -0.2) is 24.1 Å². The Kier molecular flexibility index (Phi) is 4.81. The molecule has 1 amide bonds. The first kappa shape index (κ1) is 20.3. The Bertz CT molecular complexity index is 1230. The molecule has 1 aromatic heterocycles. The Balaban J connectivity index is 1.73. The van der Waals surface area contributed by atoms with Crippen molar-refractivity contribution in [2.75, 3.05) is 5.32 Å². The standard InChI is InChI=1S/C23H25N3O3S/c1-15-7-5-6-8-20(15)26-21(18-13-30(28,29)14-19(18)25-26)24-22(27)16-9-11-17(12-10-16)23(2,3)4/h5-12H,13-14H2,1-4H3,(H,24,27). The first-order valence-electron chi connectivity index (χ1n) is 9.84. The number of fused-ring (bicyclic) bond motifs is 1. The summed E-state index contributed by atoms with van der Waals surface area (Å²) in [6.45, 7) is 8.31. The van der Waals surface area contributed by atoms with Gasteiger partial charge in [0.2, 0.25) is 0 Å². The number of rotatable bonds is 3. The quantitative estimate of drug-likeness (QED) is 0.686. The maximum absolute atomic E-state index is 13.0. The molecule has 1 N–H and O–H groups in total. The number of carbonyl (C=O) groups is 1. The molecule has 0 fully saturated rings. The molecular weight excluding hydrogens is 398 g/mol. The second kappa shape index (κ2) is 7.09. The van der Waals surface area contributed by atoms with E-state index in [0.29, 0.717) is 22.6 Å². The molecule has 2 aromatic carbocycles. The summed E-state index contributed by atoms with van der Waals surface area (Å²) in [6.07, 6.45) is 0. The van der Waals surface area contributed by atoms with Crippen molar-refractivity contribution >= 4 is 21.6 Å². The van der Waals surface area contributed by atoms with Crippen LogP contribution in [0.3, 0.4) is 0 Å². The fourth-order valence-electron chi connectivity index (χ4n) is 3.65. The average molecular weight is 424 g/mol. The van der Waals surface area contributed by atoms with Crippen LogP contribution in [-0.2, 0) is 26.8 Å². The van der Waals surface area contributed by atoms with Crippen LogP contribution < -0.4 is 5.32 Å². The van der Waals surface area contributed by atoms with Crippen LogP contribution in [0, 0.1) is 6.92 Å². The van der Waals surface area contributed by atoms with Gasteiger partial charge in [-0.25, -0.2) is 13.1 Å². The minimum atomic E-state index is -3.24. The van der Waals surface area contributed by atoms with E-state index in [1.54, 1.807) is 16.8 Å². The van der Waals surface area contributed by atoms with Gasteiger partial charge >= 0.3 is 0 Å². The van der Waals surface area contributed by atoms with E-state index in [4.69, 9.17) is 0 Å². The summed E-state index contributed by atoms with van der Waals surface area (Å²) >= 11 is 0. The molecule has 0 spiro atoms. The van der Waals surface area contributed by atoms with Crippen LogP contribution in [0.5, 0.6) is 0 Å². The highest BCUT2D eigenvalue weighted by Gasteiger charge is 2.33. The summed E-state index contributed by atoms with van der Waals surface area (Å²) in [6, 6.07) is 15.2. The van der Waals surface area contributed by atoms with Gasteiger partial charge in [-0.05, 0) is 41.7 Å². The molecule has 0 saturated heterocycles. The number of aryl methyl sites for hydroxylation is 1. The van der Waals surface area contributed by atoms with Crippen molar-refractivity contribution in [3.05, 3.63) is 76.5 Å². The molecule has 0 bridgehead atoms. The minimum Gasteiger partial charge on any atom is -0.306 e. The number of nitrogens with zero attached hydrogens (tertiary/aromatic N) is 2. The van der Waals surface area contributed by atoms with Crippen LogP contribution in [0.4, 0.5) is 5.82 Å². The number of benzene rings is 2. The molecule has 4 rings (SSSR count). The third kappa shape index (κ3) is 3.77. The highest BCUT2D eigenvalue weighted by atomic mass is 32.2. The number of nitrogens with one attached hydrogen (secondary N) is 1. The normalized spacial score (nSPS) is 15.1. The van der Waals surface area contributed by atoms with Gasteiger partial charge in [0.25, 0.3) is 5.91 Å². The lowest BCUT2D eigenvalue weighted by molar-refractivity contribution is 0.102. The van der Waals surface area contributed by atoms with E-state index >= 15 is 0 Å². The topological polar surface area (TPSA) is 81.1 Å². The smallest absolute Gasteiger partial charge is 0.256 e. The lowest BCUT2D eigenvalue weighted by atomic mass is 9.87. The number of hydrogen-bond donors (Lipinski definition) is 1. The fourth-order valence-corrected chi connectivity index (χ4v) is 5.14. The summed E-state index contributed by atoms with van der Waals surface area (Å²) in [5.41, 5.74) is 4.49. The Morgan fingerprint density at radius 3 is 2.33 bits per heavy atom. The van der Waals surface area contributed by atoms with Crippen molar-refractivity contribution in [2.45, 2.75) is 44.6 Å². The fraction of sp³-hybridized carbons (Fsp3) is 0.304. The molecule has 3 aromatic rings. The zero-order valence-electron chi connectivity index (χ0n) is 17.6. The van der Waals surface area contributed by atoms with Gasteiger partial charge in [0, 0.05) is 11.1 Å². The molecule has 1 aliphatic rings.